The summed E-state index contributed by atoms with van der Waals surface area (Å²) in [4.78, 5) is 12.4. The molecule has 0 aromatic carbocycles. The molecular formula is C9H17NO4. The molecule has 1 aliphatic heterocycles. The quantitative estimate of drug-likeness (QED) is 0.611. The second kappa shape index (κ2) is 4.72. The summed E-state index contributed by atoms with van der Waals surface area (Å²) >= 11 is 0. The Morgan fingerprint density at radius 3 is 2.71 bits per heavy atom. The number of carboxylic acids is 1. The van der Waals surface area contributed by atoms with Crippen molar-refractivity contribution in [2.45, 2.75) is 18.9 Å². The van der Waals surface area contributed by atoms with Crippen LogP contribution in [0.1, 0.15) is 13.3 Å². The zero-order chi connectivity index (χ0) is 10.6. The highest BCUT2D eigenvalue weighted by Gasteiger charge is 2.39. The molecule has 2 N–H and O–H groups in total. The molecule has 1 saturated heterocycles. The number of hydrogen-bond acceptors (Lipinski definition) is 4. The molecule has 14 heavy (non-hydrogen) atoms. The van der Waals surface area contributed by atoms with Crippen LogP contribution in [-0.4, -0.2) is 59.5 Å². The van der Waals surface area contributed by atoms with E-state index in [0.29, 0.717) is 0 Å². The van der Waals surface area contributed by atoms with Crippen LogP contribution in [0.15, 0.2) is 0 Å². The molecule has 1 aliphatic rings. The summed E-state index contributed by atoms with van der Waals surface area (Å²) in [5, 5.41) is 17.0. The van der Waals surface area contributed by atoms with E-state index in [1.54, 1.807) is 0 Å². The molecule has 0 radical (unpaired) electrons. The van der Waals surface area contributed by atoms with Crippen LogP contribution in [0.4, 0.5) is 0 Å². The van der Waals surface area contributed by atoms with E-state index in [4.69, 9.17) is 14.9 Å². The Morgan fingerprint density at radius 1 is 1.57 bits per heavy atom. The van der Waals surface area contributed by atoms with Crippen LogP contribution in [0, 0.1) is 0 Å². The fourth-order valence-electron chi connectivity index (χ4n) is 1.68. The monoisotopic (exact) mass is 203 g/mol. The van der Waals surface area contributed by atoms with Gasteiger partial charge in [0.2, 0.25) is 0 Å². The number of ether oxygens (including phenoxy) is 1. The van der Waals surface area contributed by atoms with E-state index in [1.165, 1.54) is 0 Å². The van der Waals surface area contributed by atoms with Crippen LogP contribution < -0.4 is 0 Å². The highest BCUT2D eigenvalue weighted by Crippen LogP contribution is 2.24. The fourth-order valence-corrected chi connectivity index (χ4v) is 1.68. The van der Waals surface area contributed by atoms with Gasteiger partial charge in [0.15, 0.2) is 0 Å². The minimum atomic E-state index is -0.931. The topological polar surface area (TPSA) is 70.0 Å². The van der Waals surface area contributed by atoms with E-state index in [-0.39, 0.29) is 18.8 Å². The van der Waals surface area contributed by atoms with Crippen molar-refractivity contribution in [1.29, 1.82) is 0 Å². The Hall–Kier alpha value is -0.650. The predicted molar refractivity (Wildman–Crippen MR) is 50.1 cm³/mol. The van der Waals surface area contributed by atoms with Gasteiger partial charge in [-0.25, -0.2) is 4.79 Å². The van der Waals surface area contributed by atoms with Crippen molar-refractivity contribution < 1.29 is 19.7 Å². The lowest BCUT2D eigenvalue weighted by Gasteiger charge is -2.47. The smallest absolute Gasteiger partial charge is 0.329 e. The van der Waals surface area contributed by atoms with E-state index in [1.807, 2.05) is 6.92 Å². The maximum atomic E-state index is 10.3. The van der Waals surface area contributed by atoms with Gasteiger partial charge in [-0.1, -0.05) is 0 Å². The second-order valence-electron chi connectivity index (χ2n) is 3.92. The van der Waals surface area contributed by atoms with E-state index < -0.39 is 5.97 Å². The maximum Gasteiger partial charge on any atom is 0.329 e. The van der Waals surface area contributed by atoms with Gasteiger partial charge >= 0.3 is 5.97 Å². The molecule has 0 aliphatic carbocycles. The van der Waals surface area contributed by atoms with Crippen molar-refractivity contribution in [2.75, 3.05) is 32.8 Å². The number of aliphatic hydroxyl groups is 1. The molecule has 0 atom stereocenters. The molecule has 0 amide bonds. The van der Waals surface area contributed by atoms with Gasteiger partial charge in [-0.05, 0) is 13.3 Å². The van der Waals surface area contributed by atoms with E-state index >= 15 is 0 Å². The number of nitrogens with zero attached hydrogens (tertiary/aromatic N) is 1. The zero-order valence-corrected chi connectivity index (χ0v) is 8.40. The van der Waals surface area contributed by atoms with Crippen LogP contribution in [0.2, 0.25) is 0 Å². The van der Waals surface area contributed by atoms with Gasteiger partial charge in [0.25, 0.3) is 0 Å². The van der Waals surface area contributed by atoms with Gasteiger partial charge < -0.3 is 14.9 Å². The average Bonchev–Trinajstić information content (AvgIpc) is 2.07. The second-order valence-corrected chi connectivity index (χ2v) is 3.92. The largest absolute Gasteiger partial charge is 0.480 e. The predicted octanol–water partition coefficient (Wildman–Crippen LogP) is -0.456. The van der Waals surface area contributed by atoms with Gasteiger partial charge in [0.05, 0.1) is 5.60 Å². The van der Waals surface area contributed by atoms with Crippen LogP contribution in [-0.2, 0) is 9.53 Å². The number of aliphatic carboxylic acids is 1. The number of carbonyl (C=O) groups is 1. The first-order valence-electron chi connectivity index (χ1n) is 4.75. The summed E-state index contributed by atoms with van der Waals surface area (Å²) in [7, 11) is 0. The SMILES string of the molecule is CC1(OCC(=O)O)CN(CCCO)C1. The Kier molecular flexibility index (Phi) is 3.86. The van der Waals surface area contributed by atoms with Gasteiger partial charge in [-0.15, -0.1) is 0 Å². The first-order valence-corrected chi connectivity index (χ1v) is 4.75. The number of aliphatic hydroxyl groups excluding tert-OH is 1. The zero-order valence-electron chi connectivity index (χ0n) is 8.40. The van der Waals surface area contributed by atoms with Crippen molar-refractivity contribution >= 4 is 5.97 Å². The lowest BCUT2D eigenvalue weighted by Crippen LogP contribution is -2.61. The minimum Gasteiger partial charge on any atom is -0.480 e. The van der Waals surface area contributed by atoms with Gasteiger partial charge in [-0.2, -0.15) is 0 Å². The molecule has 0 saturated carbocycles. The normalized spacial score (nSPS) is 20.4. The third kappa shape index (κ3) is 3.25. The maximum absolute atomic E-state index is 10.3. The fraction of sp³-hybridized carbons (Fsp3) is 0.889. The van der Waals surface area contributed by atoms with Crippen LogP contribution in [0.25, 0.3) is 0 Å². The van der Waals surface area contributed by atoms with Gasteiger partial charge in [-0.3, -0.25) is 4.90 Å². The van der Waals surface area contributed by atoms with Gasteiger partial charge in [0, 0.05) is 26.2 Å². The minimum absolute atomic E-state index is 0.198. The Bertz CT molecular complexity index is 201. The van der Waals surface area contributed by atoms with Crippen molar-refractivity contribution in [3.63, 3.8) is 0 Å². The molecule has 5 nitrogen and oxygen atoms in total. The van der Waals surface area contributed by atoms with Crippen molar-refractivity contribution in [1.82, 2.24) is 4.90 Å². The highest BCUT2D eigenvalue weighted by molar-refractivity contribution is 5.68. The summed E-state index contributed by atoms with van der Waals surface area (Å²) in [6, 6.07) is 0. The van der Waals surface area contributed by atoms with Crippen molar-refractivity contribution in [3.05, 3.63) is 0 Å². The molecule has 1 fully saturated rings. The molecule has 0 aromatic heterocycles. The third-order valence-corrected chi connectivity index (χ3v) is 2.29. The number of likely N-dealkylation sites (tertiary alicyclic amines) is 1. The molecule has 82 valence electrons. The number of rotatable bonds is 6. The van der Waals surface area contributed by atoms with Crippen LogP contribution in [0.5, 0.6) is 0 Å². The average molecular weight is 203 g/mol. The van der Waals surface area contributed by atoms with Crippen molar-refractivity contribution in [3.8, 4) is 0 Å². The Morgan fingerprint density at radius 2 is 2.21 bits per heavy atom. The van der Waals surface area contributed by atoms with E-state index in [2.05, 4.69) is 4.90 Å². The Labute approximate surface area is 83.3 Å². The highest BCUT2D eigenvalue weighted by atomic mass is 16.5. The molecule has 0 aromatic rings. The molecule has 5 heteroatoms. The summed E-state index contributed by atoms with van der Waals surface area (Å²) in [5.41, 5.74) is -0.312. The summed E-state index contributed by atoms with van der Waals surface area (Å²) in [5.74, 6) is -0.931. The number of carboxylic acid groups (broad SMARTS) is 1. The summed E-state index contributed by atoms with van der Waals surface area (Å²) in [6.07, 6.45) is 0.759. The molecule has 0 bridgehead atoms. The van der Waals surface area contributed by atoms with Crippen LogP contribution in [0.3, 0.4) is 0 Å². The standard InChI is InChI=1S/C9H17NO4/c1-9(14-5-8(12)13)6-10(7-9)3-2-4-11/h11H,2-7H2,1H3,(H,12,13). The molecule has 1 heterocycles. The first-order chi connectivity index (χ1) is 6.56. The number of hydrogen-bond donors (Lipinski definition) is 2. The molecule has 0 unspecified atom stereocenters. The van der Waals surface area contributed by atoms with E-state index in [9.17, 15) is 4.79 Å². The molecular weight excluding hydrogens is 186 g/mol. The summed E-state index contributed by atoms with van der Waals surface area (Å²) < 4.78 is 5.23. The molecule has 0 spiro atoms. The van der Waals surface area contributed by atoms with E-state index in [0.717, 1.165) is 26.1 Å². The lowest BCUT2D eigenvalue weighted by atomic mass is 9.96. The van der Waals surface area contributed by atoms with Crippen molar-refractivity contribution in [2.24, 2.45) is 0 Å². The summed E-state index contributed by atoms with van der Waals surface area (Å²) in [6.45, 7) is 4.22. The lowest BCUT2D eigenvalue weighted by molar-refractivity contribution is -0.164. The third-order valence-electron chi connectivity index (χ3n) is 2.29. The molecule has 1 rings (SSSR count). The van der Waals surface area contributed by atoms with Gasteiger partial charge in [0.1, 0.15) is 6.61 Å². The van der Waals surface area contributed by atoms with Crippen LogP contribution >= 0.6 is 0 Å². The Balaban J connectivity index is 2.13. The first kappa shape index (κ1) is 11.4.